The van der Waals surface area contributed by atoms with Crippen LogP contribution >= 0.6 is 0 Å². The van der Waals surface area contributed by atoms with Crippen molar-refractivity contribution in [1.29, 1.82) is 0 Å². The second kappa shape index (κ2) is 8.76. The highest BCUT2D eigenvalue weighted by Crippen LogP contribution is 2.11. The lowest BCUT2D eigenvalue weighted by atomic mass is 10.1. The van der Waals surface area contributed by atoms with E-state index in [-0.39, 0.29) is 30.2 Å². The van der Waals surface area contributed by atoms with Crippen molar-refractivity contribution in [3.8, 4) is 0 Å². The van der Waals surface area contributed by atoms with Crippen LogP contribution in [0.1, 0.15) is 46.7 Å². The molecule has 7 heteroatoms. The summed E-state index contributed by atoms with van der Waals surface area (Å²) in [4.78, 5) is 38.3. The fourth-order valence-corrected chi connectivity index (χ4v) is 1.65. The highest BCUT2D eigenvalue weighted by Gasteiger charge is 2.16. The molecular weight excluding hydrogens is 288 g/mol. The normalized spacial score (nSPS) is 9.95. The number of hydrogen-bond donors (Lipinski definition) is 1. The van der Waals surface area contributed by atoms with E-state index in [0.717, 1.165) is 0 Å². The molecule has 1 rings (SSSR count). The molecule has 1 aromatic rings. The number of ether oxygens (including phenoxy) is 2. The van der Waals surface area contributed by atoms with Gasteiger partial charge in [-0.1, -0.05) is 0 Å². The van der Waals surface area contributed by atoms with Crippen molar-refractivity contribution >= 4 is 17.8 Å². The lowest BCUT2D eigenvalue weighted by Crippen LogP contribution is -2.22. The first kappa shape index (κ1) is 17.6. The summed E-state index contributed by atoms with van der Waals surface area (Å²) < 4.78 is 9.97. The average molecular weight is 308 g/mol. The SMILES string of the molecule is CCOC(=O)c1cnc(C)c(C(=O)OCCCNC(C)=O)c1. The minimum atomic E-state index is -0.557. The van der Waals surface area contributed by atoms with Gasteiger partial charge >= 0.3 is 11.9 Å². The molecule has 0 saturated heterocycles. The first-order valence-electron chi connectivity index (χ1n) is 7.01. The number of nitrogens with one attached hydrogen (secondary N) is 1. The van der Waals surface area contributed by atoms with Gasteiger partial charge in [-0.05, 0) is 26.3 Å². The molecule has 0 saturated carbocycles. The molecule has 1 N–H and O–H groups in total. The molecule has 0 aliphatic heterocycles. The Hall–Kier alpha value is -2.44. The van der Waals surface area contributed by atoms with Crippen LogP contribution in [-0.2, 0) is 14.3 Å². The lowest BCUT2D eigenvalue weighted by Gasteiger charge is -2.08. The highest BCUT2D eigenvalue weighted by molar-refractivity contribution is 5.95. The van der Waals surface area contributed by atoms with Crippen molar-refractivity contribution in [2.75, 3.05) is 19.8 Å². The van der Waals surface area contributed by atoms with Gasteiger partial charge in [0.1, 0.15) is 0 Å². The number of carbonyl (C=O) groups is 3. The van der Waals surface area contributed by atoms with Gasteiger partial charge in [0.05, 0.1) is 30.0 Å². The van der Waals surface area contributed by atoms with E-state index in [1.807, 2.05) is 0 Å². The number of pyridine rings is 1. The molecule has 0 aliphatic rings. The van der Waals surface area contributed by atoms with Crippen molar-refractivity contribution in [3.63, 3.8) is 0 Å². The van der Waals surface area contributed by atoms with Crippen LogP contribution < -0.4 is 5.32 Å². The van der Waals surface area contributed by atoms with Gasteiger partial charge in [0, 0.05) is 19.7 Å². The van der Waals surface area contributed by atoms with E-state index in [1.165, 1.54) is 19.2 Å². The molecule has 1 aromatic heterocycles. The smallest absolute Gasteiger partial charge is 0.340 e. The van der Waals surface area contributed by atoms with Gasteiger partial charge in [0.25, 0.3) is 0 Å². The summed E-state index contributed by atoms with van der Waals surface area (Å²) in [6, 6.07) is 1.41. The van der Waals surface area contributed by atoms with Crippen LogP contribution in [0.4, 0.5) is 0 Å². The van der Waals surface area contributed by atoms with Crippen molar-refractivity contribution in [2.24, 2.45) is 0 Å². The summed E-state index contributed by atoms with van der Waals surface area (Å²) in [7, 11) is 0. The van der Waals surface area contributed by atoms with Gasteiger partial charge in [-0.25, -0.2) is 9.59 Å². The van der Waals surface area contributed by atoms with Crippen molar-refractivity contribution in [1.82, 2.24) is 10.3 Å². The minimum Gasteiger partial charge on any atom is -0.462 e. The van der Waals surface area contributed by atoms with Gasteiger partial charge < -0.3 is 14.8 Å². The maximum Gasteiger partial charge on any atom is 0.340 e. The van der Waals surface area contributed by atoms with Crippen LogP contribution in [0.5, 0.6) is 0 Å². The fraction of sp³-hybridized carbons (Fsp3) is 0.467. The third-order valence-electron chi connectivity index (χ3n) is 2.75. The van der Waals surface area contributed by atoms with Gasteiger partial charge in [-0.2, -0.15) is 0 Å². The maximum atomic E-state index is 12.0. The average Bonchev–Trinajstić information content (AvgIpc) is 2.47. The Morgan fingerprint density at radius 1 is 1.23 bits per heavy atom. The standard InChI is InChI=1S/C15H20N2O5/c1-4-21-14(19)12-8-13(10(2)17-9-12)15(20)22-7-5-6-16-11(3)18/h8-9H,4-7H2,1-3H3,(H,16,18). The van der Waals surface area contributed by atoms with Crippen molar-refractivity contribution in [3.05, 3.63) is 29.1 Å². The third kappa shape index (κ3) is 5.51. The zero-order chi connectivity index (χ0) is 16.5. The van der Waals surface area contributed by atoms with E-state index in [2.05, 4.69) is 10.3 Å². The first-order valence-corrected chi connectivity index (χ1v) is 7.01. The number of amides is 1. The van der Waals surface area contributed by atoms with Gasteiger partial charge in [0.2, 0.25) is 5.91 Å². The maximum absolute atomic E-state index is 12.0. The first-order chi connectivity index (χ1) is 10.5. The molecule has 1 amide bonds. The molecule has 0 unspecified atom stereocenters. The van der Waals surface area contributed by atoms with Crippen molar-refractivity contribution < 1.29 is 23.9 Å². The Morgan fingerprint density at radius 2 is 1.95 bits per heavy atom. The number of carbonyl (C=O) groups excluding carboxylic acids is 3. The number of aromatic nitrogens is 1. The molecule has 7 nitrogen and oxygen atoms in total. The molecule has 0 radical (unpaired) electrons. The number of esters is 2. The van der Waals surface area contributed by atoms with Crippen LogP contribution in [-0.4, -0.2) is 42.6 Å². The van der Waals surface area contributed by atoms with Gasteiger partial charge in [-0.3, -0.25) is 9.78 Å². The van der Waals surface area contributed by atoms with Crippen molar-refractivity contribution in [2.45, 2.75) is 27.2 Å². The predicted molar refractivity (Wildman–Crippen MR) is 78.5 cm³/mol. The quantitative estimate of drug-likeness (QED) is 0.602. The Bertz CT molecular complexity index is 557. The van der Waals surface area contributed by atoms with E-state index in [0.29, 0.717) is 18.7 Å². The molecule has 1 heterocycles. The summed E-state index contributed by atoms with van der Waals surface area (Å²) in [6.45, 7) is 5.62. The van der Waals surface area contributed by atoms with Gasteiger partial charge in [0.15, 0.2) is 0 Å². The van der Waals surface area contributed by atoms with E-state index >= 15 is 0 Å². The highest BCUT2D eigenvalue weighted by atomic mass is 16.5. The topological polar surface area (TPSA) is 94.6 Å². The zero-order valence-electron chi connectivity index (χ0n) is 13.0. The lowest BCUT2D eigenvalue weighted by molar-refractivity contribution is -0.118. The number of rotatable bonds is 7. The third-order valence-corrected chi connectivity index (χ3v) is 2.75. The number of nitrogens with zero attached hydrogens (tertiary/aromatic N) is 1. The summed E-state index contributed by atoms with van der Waals surface area (Å²) in [5.41, 5.74) is 0.905. The Balaban J connectivity index is 2.62. The van der Waals surface area contributed by atoms with Gasteiger partial charge in [-0.15, -0.1) is 0 Å². The molecule has 0 fully saturated rings. The zero-order valence-corrected chi connectivity index (χ0v) is 13.0. The van der Waals surface area contributed by atoms with E-state index in [4.69, 9.17) is 9.47 Å². The van der Waals surface area contributed by atoms with E-state index < -0.39 is 11.9 Å². The van der Waals surface area contributed by atoms with Crippen LogP contribution in [0, 0.1) is 6.92 Å². The Kier molecular flexibility index (Phi) is 7.01. The summed E-state index contributed by atoms with van der Waals surface area (Å²) in [5.74, 6) is -1.22. The summed E-state index contributed by atoms with van der Waals surface area (Å²) in [5, 5.41) is 2.60. The predicted octanol–water partition coefficient (Wildman–Crippen LogP) is 1.25. The number of aryl methyl sites for hydroxylation is 1. The van der Waals surface area contributed by atoms with Crippen LogP contribution in [0.2, 0.25) is 0 Å². The monoisotopic (exact) mass is 308 g/mol. The molecule has 0 atom stereocenters. The molecule has 0 spiro atoms. The van der Waals surface area contributed by atoms with E-state index in [1.54, 1.807) is 13.8 Å². The molecule has 0 bridgehead atoms. The second-order valence-electron chi connectivity index (χ2n) is 4.55. The molecule has 0 aromatic carbocycles. The largest absolute Gasteiger partial charge is 0.462 e. The summed E-state index contributed by atoms with van der Waals surface area (Å²) in [6.07, 6.45) is 1.87. The molecular formula is C15H20N2O5. The molecule has 22 heavy (non-hydrogen) atoms. The van der Waals surface area contributed by atoms with Crippen LogP contribution in [0.25, 0.3) is 0 Å². The Morgan fingerprint density at radius 3 is 2.59 bits per heavy atom. The number of hydrogen-bond acceptors (Lipinski definition) is 6. The minimum absolute atomic E-state index is 0.131. The molecule has 120 valence electrons. The van der Waals surface area contributed by atoms with Crippen LogP contribution in [0.15, 0.2) is 12.3 Å². The molecule has 0 aliphatic carbocycles. The Labute approximate surface area is 129 Å². The van der Waals surface area contributed by atoms with E-state index in [9.17, 15) is 14.4 Å². The van der Waals surface area contributed by atoms with Crippen LogP contribution in [0.3, 0.4) is 0 Å². The fourth-order valence-electron chi connectivity index (χ4n) is 1.65. The second-order valence-corrected chi connectivity index (χ2v) is 4.55. The summed E-state index contributed by atoms with van der Waals surface area (Å²) >= 11 is 0.